The molecule has 114 valence electrons. The molecule has 4 heteroatoms. The molecule has 0 aromatic rings. The van der Waals surface area contributed by atoms with Crippen LogP contribution in [0.5, 0.6) is 0 Å². The predicted octanol–water partition coefficient (Wildman–Crippen LogP) is 4.88. The topological polar surface area (TPSA) is 18.5 Å². The summed E-state index contributed by atoms with van der Waals surface area (Å²) in [5.74, 6) is 0.718. The molecule has 0 radical (unpaired) electrons. The predicted molar refractivity (Wildman–Crippen MR) is 88.6 cm³/mol. The Morgan fingerprint density at radius 2 is 1.05 bits per heavy atom. The van der Waals surface area contributed by atoms with E-state index >= 15 is 0 Å². The Hall–Kier alpha value is 0.354. The first-order valence-corrected chi connectivity index (χ1v) is 14.5. The van der Waals surface area contributed by atoms with Gasteiger partial charge in [-0.1, -0.05) is 20.8 Å². The van der Waals surface area contributed by atoms with Crippen LogP contribution in [0.15, 0.2) is 0 Å². The lowest BCUT2D eigenvalue weighted by Crippen LogP contribution is -2.41. The van der Waals surface area contributed by atoms with Crippen molar-refractivity contribution in [1.29, 1.82) is 0 Å². The highest BCUT2D eigenvalue weighted by Crippen LogP contribution is 2.43. The van der Waals surface area contributed by atoms with E-state index in [2.05, 4.69) is 60.1 Å². The minimum atomic E-state index is -1.49. The fraction of sp³-hybridized carbons (Fsp3) is 1.00. The molecule has 1 aliphatic carbocycles. The Balaban J connectivity index is 2.79. The minimum absolute atomic E-state index is 0.322. The largest absolute Gasteiger partial charge is 0.412 e. The molecule has 2 unspecified atom stereocenters. The maximum Gasteiger partial charge on any atom is 0.184 e. The van der Waals surface area contributed by atoms with Crippen molar-refractivity contribution in [1.82, 2.24) is 0 Å². The lowest BCUT2D eigenvalue weighted by Gasteiger charge is -2.31. The van der Waals surface area contributed by atoms with Crippen molar-refractivity contribution < 1.29 is 8.85 Å². The number of rotatable bonds is 4. The summed E-state index contributed by atoms with van der Waals surface area (Å²) in [5, 5.41) is 0. The molecule has 19 heavy (non-hydrogen) atoms. The van der Waals surface area contributed by atoms with Gasteiger partial charge in [0.1, 0.15) is 0 Å². The summed E-state index contributed by atoms with van der Waals surface area (Å²) in [5.41, 5.74) is 0.360. The molecule has 1 rings (SSSR count). The second kappa shape index (κ2) is 5.62. The van der Waals surface area contributed by atoms with Gasteiger partial charge in [0.15, 0.2) is 16.6 Å². The van der Waals surface area contributed by atoms with Crippen molar-refractivity contribution in [3.8, 4) is 0 Å². The highest BCUT2D eigenvalue weighted by molar-refractivity contribution is 6.70. The molecule has 0 spiro atoms. The van der Waals surface area contributed by atoms with E-state index in [1.807, 2.05) is 0 Å². The smallest absolute Gasteiger partial charge is 0.184 e. The molecule has 1 fully saturated rings. The molecule has 0 aromatic heterocycles. The molecule has 0 bridgehead atoms. The maximum absolute atomic E-state index is 6.42. The third kappa shape index (κ3) is 6.11. The van der Waals surface area contributed by atoms with Crippen molar-refractivity contribution in [3.05, 3.63) is 0 Å². The summed E-state index contributed by atoms with van der Waals surface area (Å²) < 4.78 is 12.8. The van der Waals surface area contributed by atoms with Crippen LogP contribution in [-0.4, -0.2) is 28.8 Å². The molecule has 2 atom stereocenters. The van der Waals surface area contributed by atoms with Crippen molar-refractivity contribution in [3.63, 3.8) is 0 Å². The molecule has 1 saturated carbocycles. The van der Waals surface area contributed by atoms with Gasteiger partial charge in [-0.15, -0.1) is 0 Å². The van der Waals surface area contributed by atoms with Gasteiger partial charge in [0, 0.05) is 0 Å². The van der Waals surface area contributed by atoms with Crippen molar-refractivity contribution in [2.75, 3.05) is 0 Å². The van der Waals surface area contributed by atoms with E-state index in [0.29, 0.717) is 17.6 Å². The summed E-state index contributed by atoms with van der Waals surface area (Å²) in [4.78, 5) is 0. The molecular formula is C15H34O2Si2. The zero-order chi connectivity index (χ0) is 15.1. The number of hydrogen-bond donors (Lipinski definition) is 0. The van der Waals surface area contributed by atoms with Gasteiger partial charge in [0.05, 0.1) is 12.2 Å². The second-order valence-corrected chi connectivity index (χ2v) is 18.0. The quantitative estimate of drug-likeness (QED) is 0.689. The zero-order valence-electron chi connectivity index (χ0n) is 14.5. The maximum atomic E-state index is 6.42. The minimum Gasteiger partial charge on any atom is -0.412 e. The van der Waals surface area contributed by atoms with Crippen LogP contribution in [0, 0.1) is 11.3 Å². The third-order valence-electron chi connectivity index (χ3n) is 3.68. The molecule has 0 N–H and O–H groups in total. The molecule has 0 amide bonds. The molecule has 0 saturated heterocycles. The van der Waals surface area contributed by atoms with Gasteiger partial charge in [-0.05, 0) is 63.5 Å². The first-order chi connectivity index (χ1) is 8.28. The van der Waals surface area contributed by atoms with Gasteiger partial charge in [0.25, 0.3) is 0 Å². The Kier molecular flexibility index (Phi) is 5.15. The van der Waals surface area contributed by atoms with Crippen LogP contribution in [0.3, 0.4) is 0 Å². The van der Waals surface area contributed by atoms with E-state index in [1.54, 1.807) is 0 Å². The Morgan fingerprint density at radius 3 is 1.26 bits per heavy atom. The van der Waals surface area contributed by atoms with E-state index in [4.69, 9.17) is 8.85 Å². The van der Waals surface area contributed by atoms with Crippen LogP contribution >= 0.6 is 0 Å². The highest BCUT2D eigenvalue weighted by Gasteiger charge is 2.43. The third-order valence-corrected chi connectivity index (χ3v) is 5.70. The Labute approximate surface area is 122 Å². The average Bonchev–Trinajstić information content (AvgIpc) is 2.41. The van der Waals surface area contributed by atoms with Crippen molar-refractivity contribution in [2.24, 2.45) is 11.3 Å². The standard InChI is InChI=1S/C15H34O2Si2/c1-15(2,3)12-10-13(16-18(4,5)6)14(11-12)17-19(7,8)9/h12-14H,10-11H2,1-9H3. The summed E-state index contributed by atoms with van der Waals surface area (Å²) >= 11 is 0. The molecular weight excluding hydrogens is 268 g/mol. The lowest BCUT2D eigenvalue weighted by atomic mass is 9.80. The molecule has 2 nitrogen and oxygen atoms in total. The summed E-state index contributed by atoms with van der Waals surface area (Å²) in [6.45, 7) is 20.7. The lowest BCUT2D eigenvalue weighted by molar-refractivity contribution is 0.0679. The van der Waals surface area contributed by atoms with Crippen LogP contribution in [0.4, 0.5) is 0 Å². The fourth-order valence-corrected chi connectivity index (χ4v) is 5.14. The van der Waals surface area contributed by atoms with Gasteiger partial charge in [-0.2, -0.15) is 0 Å². The molecule has 0 heterocycles. The monoisotopic (exact) mass is 302 g/mol. The van der Waals surface area contributed by atoms with Gasteiger partial charge in [-0.3, -0.25) is 0 Å². The van der Waals surface area contributed by atoms with Crippen LogP contribution in [-0.2, 0) is 8.85 Å². The van der Waals surface area contributed by atoms with Gasteiger partial charge in [0.2, 0.25) is 0 Å². The van der Waals surface area contributed by atoms with Gasteiger partial charge >= 0.3 is 0 Å². The van der Waals surface area contributed by atoms with Crippen LogP contribution in [0.1, 0.15) is 33.6 Å². The number of hydrogen-bond acceptors (Lipinski definition) is 2. The Morgan fingerprint density at radius 1 is 0.737 bits per heavy atom. The summed E-state index contributed by atoms with van der Waals surface area (Å²) in [6, 6.07) is 0. The fourth-order valence-electron chi connectivity index (χ4n) is 2.82. The molecule has 0 aromatic carbocycles. The second-order valence-electron chi connectivity index (χ2n) is 9.07. The van der Waals surface area contributed by atoms with E-state index in [0.717, 1.165) is 5.92 Å². The highest BCUT2D eigenvalue weighted by atomic mass is 28.4. The van der Waals surface area contributed by atoms with Gasteiger partial charge < -0.3 is 8.85 Å². The van der Waals surface area contributed by atoms with Crippen LogP contribution in [0.2, 0.25) is 39.3 Å². The first-order valence-electron chi connectivity index (χ1n) is 7.63. The van der Waals surface area contributed by atoms with E-state index in [1.165, 1.54) is 12.8 Å². The molecule has 0 aliphatic heterocycles. The average molecular weight is 303 g/mol. The van der Waals surface area contributed by atoms with Crippen molar-refractivity contribution >= 4 is 16.6 Å². The van der Waals surface area contributed by atoms with Crippen molar-refractivity contribution in [2.45, 2.75) is 85.1 Å². The molecule has 1 aliphatic rings. The van der Waals surface area contributed by atoms with Gasteiger partial charge in [-0.25, -0.2) is 0 Å². The van der Waals surface area contributed by atoms with E-state index in [9.17, 15) is 0 Å². The summed E-state index contributed by atoms with van der Waals surface area (Å²) in [7, 11) is -2.99. The SMILES string of the molecule is CC(C)(C)C1CC(O[Si](C)(C)C)C(O[Si](C)(C)C)C1. The van der Waals surface area contributed by atoms with E-state index < -0.39 is 16.6 Å². The van der Waals surface area contributed by atoms with Crippen LogP contribution < -0.4 is 0 Å². The van der Waals surface area contributed by atoms with E-state index in [-0.39, 0.29) is 0 Å². The Bertz CT molecular complexity index is 273. The summed E-state index contributed by atoms with van der Waals surface area (Å²) in [6.07, 6.45) is 2.98. The normalized spacial score (nSPS) is 29.8. The zero-order valence-corrected chi connectivity index (χ0v) is 16.5. The van der Waals surface area contributed by atoms with Crippen LogP contribution in [0.25, 0.3) is 0 Å². The first kappa shape index (κ1) is 17.4.